The summed E-state index contributed by atoms with van der Waals surface area (Å²) in [6.45, 7) is 12.6. The molecule has 23 heavy (non-hydrogen) atoms. The SMILES string of the molecule is Cc1cnn(CCC(=O)N2CCN(C[C@@H](O)C(C)(C)C)CC2)c1. The van der Waals surface area contributed by atoms with E-state index in [-0.39, 0.29) is 17.4 Å². The lowest BCUT2D eigenvalue weighted by atomic mass is 9.89. The van der Waals surface area contributed by atoms with Gasteiger partial charge in [0.1, 0.15) is 0 Å². The van der Waals surface area contributed by atoms with E-state index in [0.717, 1.165) is 31.7 Å². The van der Waals surface area contributed by atoms with Crippen LogP contribution in [0.25, 0.3) is 0 Å². The molecule has 1 amide bonds. The molecule has 6 nitrogen and oxygen atoms in total. The molecular weight excluding hydrogens is 292 g/mol. The molecular formula is C17H30N4O2. The number of hydrogen-bond acceptors (Lipinski definition) is 4. The van der Waals surface area contributed by atoms with Crippen LogP contribution in [0.1, 0.15) is 32.8 Å². The number of carbonyl (C=O) groups excluding carboxylic acids is 1. The van der Waals surface area contributed by atoms with Crippen molar-refractivity contribution in [1.82, 2.24) is 19.6 Å². The van der Waals surface area contributed by atoms with E-state index in [4.69, 9.17) is 0 Å². The zero-order valence-electron chi connectivity index (χ0n) is 14.8. The number of hydrogen-bond donors (Lipinski definition) is 1. The van der Waals surface area contributed by atoms with Crippen LogP contribution in [0.15, 0.2) is 12.4 Å². The Balaban J connectivity index is 1.72. The van der Waals surface area contributed by atoms with Crippen molar-refractivity contribution in [2.75, 3.05) is 32.7 Å². The standard InChI is InChI=1S/C17H30N4O2/c1-14-11-18-21(12-14)6-5-16(23)20-9-7-19(8-10-20)13-15(22)17(2,3)4/h11-12,15,22H,5-10,13H2,1-4H3/t15-/m1/s1. The van der Waals surface area contributed by atoms with Gasteiger partial charge in [-0.25, -0.2) is 0 Å². The molecule has 0 saturated carbocycles. The summed E-state index contributed by atoms with van der Waals surface area (Å²) >= 11 is 0. The Morgan fingerprint density at radius 2 is 1.96 bits per heavy atom. The third-order valence-electron chi connectivity index (χ3n) is 4.47. The van der Waals surface area contributed by atoms with Gasteiger partial charge >= 0.3 is 0 Å². The van der Waals surface area contributed by atoms with Crippen LogP contribution in [0, 0.1) is 12.3 Å². The van der Waals surface area contributed by atoms with Crippen LogP contribution in [-0.4, -0.2) is 69.4 Å². The summed E-state index contributed by atoms with van der Waals surface area (Å²) in [7, 11) is 0. The molecule has 0 unspecified atom stereocenters. The van der Waals surface area contributed by atoms with Crippen molar-refractivity contribution in [3.05, 3.63) is 18.0 Å². The summed E-state index contributed by atoms with van der Waals surface area (Å²) in [6, 6.07) is 0. The van der Waals surface area contributed by atoms with E-state index in [0.29, 0.717) is 19.5 Å². The van der Waals surface area contributed by atoms with Crippen LogP contribution in [-0.2, 0) is 11.3 Å². The predicted molar refractivity (Wildman–Crippen MR) is 90.1 cm³/mol. The minimum Gasteiger partial charge on any atom is -0.391 e. The van der Waals surface area contributed by atoms with Crippen LogP contribution in [0.5, 0.6) is 0 Å². The Kier molecular flexibility index (Phi) is 5.81. The average Bonchev–Trinajstić information content (AvgIpc) is 2.90. The van der Waals surface area contributed by atoms with Crippen molar-refractivity contribution in [3.63, 3.8) is 0 Å². The van der Waals surface area contributed by atoms with Crippen LogP contribution in [0.2, 0.25) is 0 Å². The zero-order chi connectivity index (χ0) is 17.0. The topological polar surface area (TPSA) is 61.6 Å². The number of carbonyl (C=O) groups is 1. The normalized spacial score (nSPS) is 18.2. The van der Waals surface area contributed by atoms with E-state index < -0.39 is 0 Å². The van der Waals surface area contributed by atoms with Crippen molar-refractivity contribution >= 4 is 5.91 Å². The van der Waals surface area contributed by atoms with Gasteiger partial charge < -0.3 is 10.0 Å². The van der Waals surface area contributed by atoms with Gasteiger partial charge in [0.05, 0.1) is 12.3 Å². The van der Waals surface area contributed by atoms with Gasteiger partial charge in [-0.2, -0.15) is 5.10 Å². The van der Waals surface area contributed by atoms with Gasteiger partial charge in [0.2, 0.25) is 5.91 Å². The summed E-state index contributed by atoms with van der Waals surface area (Å²) in [5.74, 6) is 0.189. The van der Waals surface area contributed by atoms with Gasteiger partial charge in [-0.3, -0.25) is 14.4 Å². The first kappa shape index (κ1) is 17.9. The molecule has 1 aliphatic rings. The molecule has 6 heteroatoms. The third kappa shape index (κ3) is 5.32. The van der Waals surface area contributed by atoms with Crippen molar-refractivity contribution < 1.29 is 9.90 Å². The Morgan fingerprint density at radius 3 is 2.48 bits per heavy atom. The summed E-state index contributed by atoms with van der Waals surface area (Å²) in [6.07, 6.45) is 3.92. The Labute approximate surface area is 139 Å². The number of rotatable bonds is 5. The van der Waals surface area contributed by atoms with Crippen LogP contribution < -0.4 is 0 Å². The van der Waals surface area contributed by atoms with Gasteiger partial charge in [0.25, 0.3) is 0 Å². The maximum atomic E-state index is 12.3. The van der Waals surface area contributed by atoms with Crippen LogP contribution >= 0.6 is 0 Å². The van der Waals surface area contributed by atoms with E-state index in [1.54, 1.807) is 0 Å². The van der Waals surface area contributed by atoms with E-state index in [1.807, 2.05) is 28.9 Å². The highest BCUT2D eigenvalue weighted by Gasteiger charge is 2.27. The van der Waals surface area contributed by atoms with E-state index in [9.17, 15) is 9.90 Å². The first-order valence-corrected chi connectivity index (χ1v) is 8.43. The molecule has 1 aromatic rings. The number of amides is 1. The maximum absolute atomic E-state index is 12.3. The number of nitrogens with zero attached hydrogens (tertiary/aromatic N) is 4. The quantitative estimate of drug-likeness (QED) is 0.883. The number of aryl methyl sites for hydroxylation is 2. The molecule has 2 rings (SSSR count). The Bertz CT molecular complexity index is 513. The van der Waals surface area contributed by atoms with E-state index in [2.05, 4.69) is 30.8 Å². The summed E-state index contributed by atoms with van der Waals surface area (Å²) in [4.78, 5) is 16.5. The lowest BCUT2D eigenvalue weighted by Crippen LogP contribution is -2.51. The van der Waals surface area contributed by atoms with E-state index >= 15 is 0 Å². The van der Waals surface area contributed by atoms with Gasteiger partial charge in [-0.05, 0) is 17.9 Å². The zero-order valence-corrected chi connectivity index (χ0v) is 14.8. The molecule has 0 aliphatic carbocycles. The highest BCUT2D eigenvalue weighted by atomic mass is 16.3. The lowest BCUT2D eigenvalue weighted by Gasteiger charge is -2.38. The molecule has 0 spiro atoms. The molecule has 130 valence electrons. The monoisotopic (exact) mass is 322 g/mol. The number of aliphatic hydroxyl groups is 1. The number of aliphatic hydroxyl groups excluding tert-OH is 1. The molecule has 1 fully saturated rings. The van der Waals surface area contributed by atoms with Crippen molar-refractivity contribution in [1.29, 1.82) is 0 Å². The second kappa shape index (κ2) is 7.45. The first-order chi connectivity index (χ1) is 10.8. The average molecular weight is 322 g/mol. The van der Waals surface area contributed by atoms with Crippen molar-refractivity contribution in [3.8, 4) is 0 Å². The maximum Gasteiger partial charge on any atom is 0.224 e. The van der Waals surface area contributed by atoms with Crippen LogP contribution in [0.4, 0.5) is 0 Å². The Hall–Kier alpha value is -1.40. The minimum absolute atomic E-state index is 0.102. The van der Waals surface area contributed by atoms with E-state index in [1.165, 1.54) is 0 Å². The highest BCUT2D eigenvalue weighted by molar-refractivity contribution is 5.76. The fourth-order valence-corrected chi connectivity index (χ4v) is 2.66. The smallest absolute Gasteiger partial charge is 0.224 e. The third-order valence-corrected chi connectivity index (χ3v) is 4.47. The number of aromatic nitrogens is 2. The molecule has 0 bridgehead atoms. The van der Waals surface area contributed by atoms with Gasteiger partial charge in [0.15, 0.2) is 0 Å². The summed E-state index contributed by atoms with van der Waals surface area (Å²) in [5.41, 5.74) is 1.01. The van der Waals surface area contributed by atoms with Crippen molar-refractivity contribution in [2.45, 2.75) is 46.8 Å². The first-order valence-electron chi connectivity index (χ1n) is 8.43. The molecule has 1 aliphatic heterocycles. The molecule has 2 heterocycles. The minimum atomic E-state index is -0.340. The van der Waals surface area contributed by atoms with Gasteiger partial charge in [-0.15, -0.1) is 0 Å². The molecule has 1 N–H and O–H groups in total. The molecule has 0 radical (unpaired) electrons. The van der Waals surface area contributed by atoms with Gasteiger partial charge in [-0.1, -0.05) is 20.8 Å². The largest absolute Gasteiger partial charge is 0.391 e. The Morgan fingerprint density at radius 1 is 1.30 bits per heavy atom. The van der Waals surface area contributed by atoms with Crippen LogP contribution in [0.3, 0.4) is 0 Å². The predicted octanol–water partition coefficient (Wildman–Crippen LogP) is 1.13. The number of piperazine rings is 1. The molecule has 1 atom stereocenters. The second-order valence-electron chi connectivity index (χ2n) is 7.59. The number of β-amino-alcohol motifs (C(OH)–C–C–N with tert-alkyl or cyclic N) is 1. The molecule has 1 aromatic heterocycles. The fourth-order valence-electron chi connectivity index (χ4n) is 2.66. The fraction of sp³-hybridized carbons (Fsp3) is 0.765. The molecule has 0 aromatic carbocycles. The van der Waals surface area contributed by atoms with Gasteiger partial charge in [0, 0.05) is 51.9 Å². The highest BCUT2D eigenvalue weighted by Crippen LogP contribution is 2.20. The summed E-state index contributed by atoms with van der Waals surface area (Å²) < 4.78 is 1.82. The summed E-state index contributed by atoms with van der Waals surface area (Å²) in [5, 5.41) is 14.4. The lowest BCUT2D eigenvalue weighted by molar-refractivity contribution is -0.133. The molecule has 1 saturated heterocycles. The second-order valence-corrected chi connectivity index (χ2v) is 7.59. The van der Waals surface area contributed by atoms with Crippen molar-refractivity contribution in [2.24, 2.45) is 5.41 Å².